The van der Waals surface area contributed by atoms with Crippen molar-refractivity contribution in [3.63, 3.8) is 0 Å². The normalized spacial score (nSPS) is 21.2. The Hall–Kier alpha value is -1.92. The van der Waals surface area contributed by atoms with Crippen LogP contribution < -0.4 is 4.90 Å². The predicted octanol–water partition coefficient (Wildman–Crippen LogP) is 4.32. The van der Waals surface area contributed by atoms with E-state index in [9.17, 15) is 10.2 Å². The van der Waals surface area contributed by atoms with Gasteiger partial charge in [-0.1, -0.05) is 72.2 Å². The zero-order valence-electron chi connectivity index (χ0n) is 16.8. The first-order valence-corrected chi connectivity index (χ1v) is 11.0. The SMILES string of the molecule is CCN(CC)CCN1c2cccc(Br)c2C(O)(c2ccc3ccccc3c2)C1O. The number of hydrogen-bond acceptors (Lipinski definition) is 4. The summed E-state index contributed by atoms with van der Waals surface area (Å²) in [4.78, 5) is 4.24. The molecule has 0 saturated carbocycles. The maximum Gasteiger partial charge on any atom is 0.164 e. The Bertz CT molecular complexity index is 1020. The van der Waals surface area contributed by atoms with Crippen molar-refractivity contribution in [3.05, 3.63) is 76.3 Å². The van der Waals surface area contributed by atoms with Crippen molar-refractivity contribution in [1.82, 2.24) is 4.90 Å². The lowest BCUT2D eigenvalue weighted by molar-refractivity contribution is -0.0390. The van der Waals surface area contributed by atoms with Gasteiger partial charge in [-0.15, -0.1) is 0 Å². The largest absolute Gasteiger partial charge is 0.375 e. The fourth-order valence-corrected chi connectivity index (χ4v) is 5.03. The molecule has 0 spiro atoms. The van der Waals surface area contributed by atoms with E-state index in [0.717, 1.165) is 46.1 Å². The van der Waals surface area contributed by atoms with Crippen molar-refractivity contribution < 1.29 is 10.2 Å². The van der Waals surface area contributed by atoms with Gasteiger partial charge in [-0.3, -0.25) is 0 Å². The van der Waals surface area contributed by atoms with Crippen LogP contribution in [-0.4, -0.2) is 47.5 Å². The number of aliphatic hydroxyl groups is 2. The second-order valence-electron chi connectivity index (χ2n) is 7.56. The lowest BCUT2D eigenvalue weighted by Crippen LogP contribution is -2.48. The first-order valence-electron chi connectivity index (χ1n) is 10.2. The van der Waals surface area contributed by atoms with Crippen molar-refractivity contribution >= 4 is 32.4 Å². The van der Waals surface area contributed by atoms with Crippen LogP contribution in [0.15, 0.2) is 65.1 Å². The van der Waals surface area contributed by atoms with Gasteiger partial charge in [-0.2, -0.15) is 0 Å². The number of fused-ring (bicyclic) bond motifs is 2. The number of likely N-dealkylation sites (N-methyl/N-ethyl adjacent to an activating group) is 1. The molecule has 5 heteroatoms. The second-order valence-corrected chi connectivity index (χ2v) is 8.41. The van der Waals surface area contributed by atoms with Gasteiger partial charge in [0.25, 0.3) is 0 Å². The minimum Gasteiger partial charge on any atom is -0.375 e. The number of rotatable bonds is 6. The molecule has 152 valence electrons. The summed E-state index contributed by atoms with van der Waals surface area (Å²) in [5.74, 6) is 0. The average molecular weight is 455 g/mol. The molecule has 3 aromatic rings. The molecule has 0 amide bonds. The third-order valence-electron chi connectivity index (χ3n) is 6.09. The third kappa shape index (κ3) is 3.36. The van der Waals surface area contributed by atoms with Crippen LogP contribution in [0.25, 0.3) is 10.8 Å². The summed E-state index contributed by atoms with van der Waals surface area (Å²) < 4.78 is 0.801. The van der Waals surface area contributed by atoms with Crippen molar-refractivity contribution in [3.8, 4) is 0 Å². The van der Waals surface area contributed by atoms with Crippen LogP contribution in [-0.2, 0) is 5.60 Å². The number of anilines is 1. The maximum atomic E-state index is 11.9. The van der Waals surface area contributed by atoms with E-state index >= 15 is 0 Å². The molecular formula is C24H27BrN2O2. The molecule has 0 aromatic heterocycles. The van der Waals surface area contributed by atoms with Crippen molar-refractivity contribution in [2.24, 2.45) is 0 Å². The van der Waals surface area contributed by atoms with E-state index in [0.29, 0.717) is 12.1 Å². The van der Waals surface area contributed by atoms with Crippen LogP contribution in [0, 0.1) is 0 Å². The summed E-state index contributed by atoms with van der Waals surface area (Å²) in [5.41, 5.74) is 0.780. The molecule has 1 aliphatic rings. The number of nitrogens with zero attached hydrogens (tertiary/aromatic N) is 2. The molecule has 1 aliphatic heterocycles. The Labute approximate surface area is 180 Å². The number of aliphatic hydroxyl groups excluding tert-OH is 1. The smallest absolute Gasteiger partial charge is 0.164 e. The predicted molar refractivity (Wildman–Crippen MR) is 122 cm³/mol. The molecule has 0 bridgehead atoms. The molecule has 4 nitrogen and oxygen atoms in total. The van der Waals surface area contributed by atoms with E-state index in [1.807, 2.05) is 59.5 Å². The molecule has 0 saturated heterocycles. The highest BCUT2D eigenvalue weighted by atomic mass is 79.9. The molecule has 0 fully saturated rings. The van der Waals surface area contributed by atoms with E-state index in [1.54, 1.807) is 0 Å². The summed E-state index contributed by atoms with van der Waals surface area (Å²) in [6.07, 6.45) is -1.06. The van der Waals surface area contributed by atoms with Gasteiger partial charge in [-0.25, -0.2) is 0 Å². The molecule has 1 heterocycles. The Kier molecular flexibility index (Phi) is 5.67. The van der Waals surface area contributed by atoms with Gasteiger partial charge >= 0.3 is 0 Å². The fraction of sp³-hybridized carbons (Fsp3) is 0.333. The van der Waals surface area contributed by atoms with Gasteiger partial charge in [0.05, 0.1) is 0 Å². The molecule has 2 N–H and O–H groups in total. The van der Waals surface area contributed by atoms with Crippen molar-refractivity contribution in [1.29, 1.82) is 0 Å². The maximum absolute atomic E-state index is 11.9. The van der Waals surface area contributed by atoms with E-state index in [2.05, 4.69) is 40.7 Å². The molecule has 0 radical (unpaired) electrons. The summed E-state index contributed by atoms with van der Waals surface area (Å²) in [6.45, 7) is 7.66. The highest BCUT2D eigenvalue weighted by molar-refractivity contribution is 9.10. The fourth-order valence-electron chi connectivity index (χ4n) is 4.37. The van der Waals surface area contributed by atoms with Crippen molar-refractivity contribution in [2.45, 2.75) is 25.7 Å². The summed E-state index contributed by atoms with van der Waals surface area (Å²) >= 11 is 3.62. The van der Waals surface area contributed by atoms with Gasteiger partial charge in [0, 0.05) is 28.8 Å². The van der Waals surface area contributed by atoms with Crippen LogP contribution in [0.2, 0.25) is 0 Å². The zero-order valence-corrected chi connectivity index (χ0v) is 18.4. The summed E-state index contributed by atoms with van der Waals surface area (Å²) in [6, 6.07) is 19.8. The standard InChI is InChI=1S/C24H27BrN2O2/c1-3-26(4-2)14-15-27-21-11-7-10-20(25)22(21)24(29,23(27)28)19-13-12-17-8-5-6-9-18(17)16-19/h5-13,16,23,28-29H,3-4,14-15H2,1-2H3. The van der Waals surface area contributed by atoms with Crippen LogP contribution in [0.4, 0.5) is 5.69 Å². The van der Waals surface area contributed by atoms with E-state index in [1.165, 1.54) is 0 Å². The lowest BCUT2D eigenvalue weighted by atomic mass is 9.85. The topological polar surface area (TPSA) is 46.9 Å². The van der Waals surface area contributed by atoms with Crippen molar-refractivity contribution in [2.75, 3.05) is 31.1 Å². The highest BCUT2D eigenvalue weighted by Crippen LogP contribution is 2.50. The van der Waals surface area contributed by atoms with Crippen LogP contribution >= 0.6 is 15.9 Å². The van der Waals surface area contributed by atoms with Crippen LogP contribution in [0.3, 0.4) is 0 Å². The molecule has 4 rings (SSSR count). The van der Waals surface area contributed by atoms with Gasteiger partial charge in [-0.05, 0) is 47.6 Å². The zero-order chi connectivity index (χ0) is 20.6. The van der Waals surface area contributed by atoms with E-state index < -0.39 is 11.8 Å². The number of benzene rings is 3. The average Bonchev–Trinajstić information content (AvgIpc) is 2.97. The van der Waals surface area contributed by atoms with Gasteiger partial charge in [0.15, 0.2) is 11.8 Å². The molecule has 29 heavy (non-hydrogen) atoms. The van der Waals surface area contributed by atoms with Gasteiger partial charge < -0.3 is 20.0 Å². The van der Waals surface area contributed by atoms with E-state index in [-0.39, 0.29) is 0 Å². The Balaban J connectivity index is 1.80. The minimum absolute atomic E-state index is 0.641. The third-order valence-corrected chi connectivity index (χ3v) is 6.75. The second kappa shape index (κ2) is 8.07. The number of hydrogen-bond donors (Lipinski definition) is 2. The monoisotopic (exact) mass is 454 g/mol. The lowest BCUT2D eigenvalue weighted by Gasteiger charge is -2.33. The molecule has 2 unspecified atom stereocenters. The summed E-state index contributed by atoms with van der Waals surface area (Å²) in [5, 5.41) is 25.5. The summed E-state index contributed by atoms with van der Waals surface area (Å²) in [7, 11) is 0. The van der Waals surface area contributed by atoms with Crippen LogP contribution in [0.5, 0.6) is 0 Å². The van der Waals surface area contributed by atoms with Crippen LogP contribution in [0.1, 0.15) is 25.0 Å². The Morgan fingerprint density at radius 3 is 2.45 bits per heavy atom. The van der Waals surface area contributed by atoms with E-state index in [4.69, 9.17) is 0 Å². The molecular weight excluding hydrogens is 428 g/mol. The Morgan fingerprint density at radius 1 is 1.00 bits per heavy atom. The highest BCUT2D eigenvalue weighted by Gasteiger charge is 2.51. The molecule has 3 aromatic carbocycles. The molecule has 2 atom stereocenters. The minimum atomic E-state index is -1.51. The number of halogens is 1. The quantitative estimate of drug-likeness (QED) is 0.582. The first kappa shape index (κ1) is 20.4. The van der Waals surface area contributed by atoms with Gasteiger partial charge in [0.1, 0.15) is 0 Å². The molecule has 0 aliphatic carbocycles. The first-order chi connectivity index (χ1) is 14.0. The Morgan fingerprint density at radius 2 is 1.72 bits per heavy atom. The van der Waals surface area contributed by atoms with Gasteiger partial charge in [0.2, 0.25) is 0 Å².